The van der Waals surface area contributed by atoms with Crippen LogP contribution in [-0.4, -0.2) is 36.3 Å². The molecule has 1 unspecified atom stereocenters. The molecule has 210 valence electrons. The number of hydrogen-bond donors (Lipinski definition) is 4. The summed E-state index contributed by atoms with van der Waals surface area (Å²) >= 11 is 6.69. The smallest absolute Gasteiger partial charge is 0.262 e. The van der Waals surface area contributed by atoms with Crippen molar-refractivity contribution in [3.05, 3.63) is 76.2 Å². The van der Waals surface area contributed by atoms with Gasteiger partial charge in [-0.05, 0) is 42.0 Å². The van der Waals surface area contributed by atoms with Gasteiger partial charge in [0, 0.05) is 35.0 Å². The van der Waals surface area contributed by atoms with E-state index in [2.05, 4.69) is 59.5 Å². The van der Waals surface area contributed by atoms with E-state index < -0.39 is 17.4 Å². The predicted molar refractivity (Wildman–Crippen MR) is 159 cm³/mol. The first-order valence-corrected chi connectivity index (χ1v) is 13.7. The lowest BCUT2D eigenvalue weighted by atomic mass is 9.69. The lowest BCUT2D eigenvalue weighted by molar-refractivity contribution is 0.00910. The number of benzene rings is 2. The van der Waals surface area contributed by atoms with E-state index in [9.17, 15) is 19.3 Å². The number of anilines is 2. The molecule has 1 atom stereocenters. The maximum atomic E-state index is 13.9. The lowest BCUT2D eigenvalue weighted by Crippen LogP contribution is -2.50. The quantitative estimate of drug-likeness (QED) is 0.280. The molecule has 1 aliphatic carbocycles. The molecule has 0 spiro atoms. The van der Waals surface area contributed by atoms with Gasteiger partial charge in [0.2, 0.25) is 0 Å². The minimum Gasteiger partial charge on any atom is -0.383 e. The third kappa shape index (κ3) is 5.24. The molecule has 8 nitrogen and oxygen atoms in total. The van der Waals surface area contributed by atoms with E-state index in [1.54, 1.807) is 18.3 Å². The maximum Gasteiger partial charge on any atom is 0.262 e. The second-order valence-electron chi connectivity index (χ2n) is 11.9. The second kappa shape index (κ2) is 10.4. The van der Waals surface area contributed by atoms with Crippen LogP contribution in [0.3, 0.4) is 0 Å². The molecule has 0 radical (unpaired) electrons. The molecule has 41 heavy (non-hydrogen) atoms. The zero-order valence-corrected chi connectivity index (χ0v) is 24.0. The number of hydrazine groups is 2. The number of fused-ring (bicyclic) bond motifs is 1. The average Bonchev–Trinajstić information content (AvgIpc) is 3.59. The zero-order valence-electron chi connectivity index (χ0n) is 23.2. The number of pyridine rings is 1. The van der Waals surface area contributed by atoms with Gasteiger partial charge in [0.25, 0.3) is 6.43 Å². The van der Waals surface area contributed by atoms with Gasteiger partial charge in [0.15, 0.2) is 0 Å². The van der Waals surface area contributed by atoms with Gasteiger partial charge in [-0.2, -0.15) is 10.5 Å². The van der Waals surface area contributed by atoms with Crippen molar-refractivity contribution in [1.82, 2.24) is 21.0 Å². The average molecular weight is 575 g/mol. The molecular weight excluding hydrogens is 545 g/mol. The molecule has 3 aromatic rings. The molecule has 2 aliphatic rings. The van der Waals surface area contributed by atoms with Crippen LogP contribution >= 0.6 is 11.6 Å². The van der Waals surface area contributed by atoms with Crippen molar-refractivity contribution in [2.75, 3.05) is 17.2 Å². The van der Waals surface area contributed by atoms with Gasteiger partial charge in [0.1, 0.15) is 25.5 Å². The summed E-state index contributed by atoms with van der Waals surface area (Å²) in [5.41, 5.74) is 7.14. The summed E-state index contributed by atoms with van der Waals surface area (Å²) in [5.74, 6) is 0. The van der Waals surface area contributed by atoms with Gasteiger partial charge in [-0.25, -0.2) is 8.78 Å². The van der Waals surface area contributed by atoms with Crippen molar-refractivity contribution in [2.45, 2.75) is 51.0 Å². The van der Waals surface area contributed by atoms with Gasteiger partial charge >= 0.3 is 0 Å². The van der Waals surface area contributed by atoms with Crippen molar-refractivity contribution < 1.29 is 8.78 Å². The molecule has 1 fully saturated rings. The molecule has 0 saturated heterocycles. The number of nitrogens with zero attached hydrogens (tertiary/aromatic N) is 4. The zero-order chi connectivity index (χ0) is 29.6. The first-order chi connectivity index (χ1) is 19.4. The van der Waals surface area contributed by atoms with Crippen molar-refractivity contribution in [1.29, 1.82) is 10.5 Å². The number of nitriles is 2. The van der Waals surface area contributed by atoms with E-state index >= 15 is 0 Å². The largest absolute Gasteiger partial charge is 0.383 e. The van der Waals surface area contributed by atoms with E-state index in [1.165, 1.54) is 11.2 Å². The van der Waals surface area contributed by atoms with Crippen molar-refractivity contribution in [3.63, 3.8) is 0 Å². The summed E-state index contributed by atoms with van der Waals surface area (Å²) < 4.78 is 27.8. The Balaban J connectivity index is 1.64. The lowest BCUT2D eigenvalue weighted by Gasteiger charge is -2.34. The van der Waals surface area contributed by atoms with Gasteiger partial charge < -0.3 is 16.1 Å². The van der Waals surface area contributed by atoms with E-state index in [-0.39, 0.29) is 5.41 Å². The summed E-state index contributed by atoms with van der Waals surface area (Å²) in [5, 5.41) is 29.3. The predicted octanol–water partition coefficient (Wildman–Crippen LogP) is 4.95. The number of hydrogen-bond acceptors (Lipinski definition) is 8. The van der Waals surface area contributed by atoms with Crippen LogP contribution in [0.25, 0.3) is 10.9 Å². The molecule has 0 bridgehead atoms. The van der Waals surface area contributed by atoms with Crippen LogP contribution in [0.2, 0.25) is 5.02 Å². The minimum absolute atomic E-state index is 0.0739. The van der Waals surface area contributed by atoms with Gasteiger partial charge in [-0.1, -0.05) is 50.6 Å². The number of halogens is 3. The van der Waals surface area contributed by atoms with Crippen LogP contribution in [0.4, 0.5) is 20.2 Å². The van der Waals surface area contributed by atoms with Crippen LogP contribution in [0, 0.1) is 28.1 Å². The highest BCUT2D eigenvalue weighted by molar-refractivity contribution is 6.33. The fraction of sp³-hybridized carbons (Fsp3) is 0.345. The van der Waals surface area contributed by atoms with Crippen LogP contribution in [0.15, 0.2) is 54.5 Å². The number of nitrogens with one attached hydrogen (secondary N) is 4. The Morgan fingerprint density at radius 1 is 1.17 bits per heavy atom. The Morgan fingerprint density at radius 2 is 1.88 bits per heavy atom. The second-order valence-corrected chi connectivity index (χ2v) is 12.3. The SMILES string of the molecule is BC(Nc1cc(C#N)c2ncc(C#N)c(NCC(C)(C)C)c2c1)(C1=CN(C2(C(F)F)CC2)NN1)c1ccccc1Cl. The molecule has 4 N–H and O–H groups in total. The summed E-state index contributed by atoms with van der Waals surface area (Å²) in [6.07, 6.45) is 1.33. The Kier molecular flexibility index (Phi) is 7.23. The van der Waals surface area contributed by atoms with E-state index in [0.717, 1.165) is 0 Å². The Labute approximate surface area is 243 Å². The van der Waals surface area contributed by atoms with Crippen LogP contribution in [-0.2, 0) is 5.44 Å². The standard InChI is InChI=1S/C29H30BClF2N8/c1-27(2,3)16-37-25-18(13-35)14-36-24-17(12-34)10-19(11-20(24)25)38-29(30,21-6-4-5-7-22(21)31)23-15-41(40-39-23)28(8-9-28)26(32)33/h4-7,10-11,14-15,26,38-40H,8-9,16,30H2,1-3H3,(H,36,37). The fourth-order valence-electron chi connectivity index (χ4n) is 5.02. The van der Waals surface area contributed by atoms with Gasteiger partial charge in [-0.3, -0.25) is 9.99 Å². The van der Waals surface area contributed by atoms with Gasteiger partial charge in [-0.15, -0.1) is 5.53 Å². The molecule has 1 aliphatic heterocycles. The monoisotopic (exact) mass is 574 g/mol. The van der Waals surface area contributed by atoms with Crippen molar-refractivity contribution in [2.24, 2.45) is 5.41 Å². The molecule has 1 aromatic heterocycles. The summed E-state index contributed by atoms with van der Waals surface area (Å²) in [6.45, 7) is 6.83. The van der Waals surface area contributed by atoms with E-state index in [4.69, 9.17) is 11.6 Å². The highest BCUT2D eigenvalue weighted by atomic mass is 35.5. The van der Waals surface area contributed by atoms with Crippen LogP contribution in [0.1, 0.15) is 50.3 Å². The highest BCUT2D eigenvalue weighted by Gasteiger charge is 2.57. The van der Waals surface area contributed by atoms with Crippen molar-refractivity contribution in [3.8, 4) is 12.1 Å². The third-order valence-electron chi connectivity index (χ3n) is 7.57. The summed E-state index contributed by atoms with van der Waals surface area (Å²) in [6, 6.07) is 15.2. The first-order valence-electron chi connectivity index (χ1n) is 13.3. The molecular formula is C29H30BClF2N8. The van der Waals surface area contributed by atoms with Gasteiger partial charge in [0.05, 0.1) is 33.5 Å². The summed E-state index contributed by atoms with van der Waals surface area (Å²) in [7, 11) is 1.89. The van der Waals surface area contributed by atoms with Crippen LogP contribution < -0.4 is 21.6 Å². The Hall–Kier alpha value is -4.06. The Morgan fingerprint density at radius 3 is 2.49 bits per heavy atom. The topological polar surface area (TPSA) is 112 Å². The normalized spacial score (nSPS) is 17.3. The summed E-state index contributed by atoms with van der Waals surface area (Å²) in [4.78, 5) is 4.43. The maximum absolute atomic E-state index is 13.9. The third-order valence-corrected chi connectivity index (χ3v) is 7.90. The fourth-order valence-corrected chi connectivity index (χ4v) is 5.35. The number of alkyl halides is 2. The molecule has 12 heteroatoms. The van der Waals surface area contributed by atoms with E-state index in [0.29, 0.717) is 69.1 Å². The van der Waals surface area contributed by atoms with Crippen LogP contribution in [0.5, 0.6) is 0 Å². The first kappa shape index (κ1) is 28.5. The number of aromatic nitrogens is 1. The molecule has 2 aromatic carbocycles. The molecule has 1 saturated carbocycles. The minimum atomic E-state index is -2.52. The molecule has 2 heterocycles. The highest BCUT2D eigenvalue weighted by Crippen LogP contribution is 2.48. The van der Waals surface area contributed by atoms with Crippen molar-refractivity contribution >= 4 is 41.7 Å². The van der Waals surface area contributed by atoms with E-state index in [1.807, 2.05) is 32.1 Å². The molecule has 0 amide bonds. The Bertz CT molecular complexity index is 1620. The number of rotatable bonds is 8. The molecule has 5 rings (SSSR count).